The van der Waals surface area contributed by atoms with Crippen LogP contribution < -0.4 is 5.32 Å². The third kappa shape index (κ3) is 4.55. The summed E-state index contributed by atoms with van der Waals surface area (Å²) < 4.78 is 11.1. The van der Waals surface area contributed by atoms with Gasteiger partial charge in [0, 0.05) is 11.6 Å². The van der Waals surface area contributed by atoms with Crippen LogP contribution in [0.2, 0.25) is 0 Å². The summed E-state index contributed by atoms with van der Waals surface area (Å²) in [7, 11) is 0. The standard InChI is InChI=1S/C29H25NO5/c1-19(20-5-3-2-4-6-20)35-28(33)30-25-15-18-34-26(25)23-9-7-21(8-10-23)22-11-13-24(14-12-22)29(16-17-29)27(31)32/h2-15,18-19H,16-17H2,1H3,(H,30,33)(H,31,32)/t19-/m1/s1. The summed E-state index contributed by atoms with van der Waals surface area (Å²) in [6.07, 6.45) is 1.95. The van der Waals surface area contributed by atoms with Crippen molar-refractivity contribution < 1.29 is 23.8 Å². The van der Waals surface area contributed by atoms with Crippen LogP contribution in [-0.4, -0.2) is 17.2 Å². The molecule has 0 spiro atoms. The quantitative estimate of drug-likeness (QED) is 0.304. The van der Waals surface area contributed by atoms with Gasteiger partial charge in [-0.1, -0.05) is 78.9 Å². The van der Waals surface area contributed by atoms with Crippen molar-refractivity contribution in [2.24, 2.45) is 0 Å². The van der Waals surface area contributed by atoms with Gasteiger partial charge in [0.1, 0.15) is 6.10 Å². The smallest absolute Gasteiger partial charge is 0.412 e. The Balaban J connectivity index is 1.27. The minimum absolute atomic E-state index is 0.387. The van der Waals surface area contributed by atoms with Gasteiger partial charge in [-0.3, -0.25) is 10.1 Å². The fourth-order valence-corrected chi connectivity index (χ4v) is 4.27. The minimum Gasteiger partial charge on any atom is -0.481 e. The summed E-state index contributed by atoms with van der Waals surface area (Å²) in [5, 5.41) is 12.3. The maximum Gasteiger partial charge on any atom is 0.412 e. The highest BCUT2D eigenvalue weighted by Crippen LogP contribution is 2.48. The van der Waals surface area contributed by atoms with Gasteiger partial charge < -0.3 is 14.3 Å². The van der Waals surface area contributed by atoms with Crippen LogP contribution in [0.5, 0.6) is 0 Å². The highest BCUT2D eigenvalue weighted by Gasteiger charge is 2.51. The maximum absolute atomic E-state index is 12.4. The molecule has 1 aliphatic carbocycles. The number of hydrogen-bond donors (Lipinski definition) is 2. The molecule has 1 amide bonds. The number of hydrogen-bond acceptors (Lipinski definition) is 4. The Morgan fingerprint density at radius 1 is 0.886 bits per heavy atom. The number of nitrogens with one attached hydrogen (secondary N) is 1. The van der Waals surface area contributed by atoms with Crippen LogP contribution in [0.4, 0.5) is 10.5 Å². The van der Waals surface area contributed by atoms with Crippen molar-refractivity contribution in [1.29, 1.82) is 0 Å². The van der Waals surface area contributed by atoms with E-state index in [1.165, 1.54) is 6.26 Å². The van der Waals surface area contributed by atoms with Gasteiger partial charge in [-0.15, -0.1) is 0 Å². The predicted molar refractivity (Wildman–Crippen MR) is 133 cm³/mol. The number of carboxylic acid groups (broad SMARTS) is 1. The number of benzene rings is 3. The first-order chi connectivity index (χ1) is 17.0. The lowest BCUT2D eigenvalue weighted by atomic mass is 9.93. The number of anilines is 1. The van der Waals surface area contributed by atoms with Gasteiger partial charge in [0.05, 0.1) is 17.4 Å². The summed E-state index contributed by atoms with van der Waals surface area (Å²) in [6.45, 7) is 1.82. The zero-order chi connectivity index (χ0) is 24.4. The number of carbonyl (C=O) groups excluding carboxylic acids is 1. The molecule has 5 rings (SSSR count). The van der Waals surface area contributed by atoms with Crippen molar-refractivity contribution in [2.45, 2.75) is 31.3 Å². The Kier molecular flexibility index (Phi) is 5.87. The largest absolute Gasteiger partial charge is 0.481 e. The second-order valence-corrected chi connectivity index (χ2v) is 8.79. The van der Waals surface area contributed by atoms with Gasteiger partial charge in [0.15, 0.2) is 5.76 Å². The number of carboxylic acids is 1. The van der Waals surface area contributed by atoms with Crippen LogP contribution in [0.1, 0.15) is 37.0 Å². The molecule has 0 bridgehead atoms. The van der Waals surface area contributed by atoms with Crippen molar-refractivity contribution >= 4 is 17.7 Å². The van der Waals surface area contributed by atoms with Crippen LogP contribution in [0, 0.1) is 0 Å². The zero-order valence-electron chi connectivity index (χ0n) is 19.2. The van der Waals surface area contributed by atoms with E-state index in [0.29, 0.717) is 24.3 Å². The van der Waals surface area contributed by atoms with Crippen molar-refractivity contribution in [2.75, 3.05) is 5.32 Å². The normalized spacial score (nSPS) is 14.7. The van der Waals surface area contributed by atoms with E-state index in [0.717, 1.165) is 27.8 Å². The second-order valence-electron chi connectivity index (χ2n) is 8.79. The molecule has 1 aliphatic rings. The molecule has 176 valence electrons. The molecule has 0 saturated heterocycles. The van der Waals surface area contributed by atoms with Gasteiger partial charge in [-0.05, 0) is 42.0 Å². The van der Waals surface area contributed by atoms with Gasteiger partial charge in [0.25, 0.3) is 0 Å². The number of ether oxygens (including phenoxy) is 1. The van der Waals surface area contributed by atoms with Crippen LogP contribution in [0.3, 0.4) is 0 Å². The lowest BCUT2D eigenvalue weighted by Crippen LogP contribution is -2.19. The van der Waals surface area contributed by atoms with E-state index in [-0.39, 0.29) is 6.10 Å². The average molecular weight is 468 g/mol. The molecule has 0 radical (unpaired) electrons. The molecule has 1 aromatic heterocycles. The van der Waals surface area contributed by atoms with E-state index in [1.54, 1.807) is 6.07 Å². The van der Waals surface area contributed by atoms with E-state index in [2.05, 4.69) is 5.32 Å². The van der Waals surface area contributed by atoms with Gasteiger partial charge in [0.2, 0.25) is 0 Å². The highest BCUT2D eigenvalue weighted by atomic mass is 16.6. The van der Waals surface area contributed by atoms with Crippen LogP contribution in [-0.2, 0) is 14.9 Å². The number of carbonyl (C=O) groups is 2. The monoisotopic (exact) mass is 467 g/mol. The third-order valence-corrected chi connectivity index (χ3v) is 6.53. The van der Waals surface area contributed by atoms with Crippen LogP contribution >= 0.6 is 0 Å². The van der Waals surface area contributed by atoms with Crippen molar-refractivity contribution in [3.05, 3.63) is 102 Å². The minimum atomic E-state index is -0.754. The van der Waals surface area contributed by atoms with E-state index in [4.69, 9.17) is 9.15 Å². The molecule has 0 aliphatic heterocycles. The topological polar surface area (TPSA) is 88.8 Å². The molecule has 2 N–H and O–H groups in total. The number of rotatable bonds is 7. The molecule has 1 heterocycles. The van der Waals surface area contributed by atoms with E-state index < -0.39 is 17.5 Å². The van der Waals surface area contributed by atoms with Gasteiger partial charge >= 0.3 is 12.1 Å². The molecule has 6 heteroatoms. The van der Waals surface area contributed by atoms with E-state index in [9.17, 15) is 14.7 Å². The molecule has 1 saturated carbocycles. The molecule has 1 fully saturated rings. The predicted octanol–water partition coefficient (Wildman–Crippen LogP) is 7.04. The van der Waals surface area contributed by atoms with Crippen molar-refractivity contribution in [1.82, 2.24) is 0 Å². The first-order valence-corrected chi connectivity index (χ1v) is 11.5. The number of aliphatic carboxylic acids is 1. The molecular formula is C29H25NO5. The molecule has 4 aromatic rings. The van der Waals surface area contributed by atoms with Gasteiger partial charge in [-0.2, -0.15) is 0 Å². The fourth-order valence-electron chi connectivity index (χ4n) is 4.27. The lowest BCUT2D eigenvalue weighted by Gasteiger charge is -2.14. The second kappa shape index (κ2) is 9.14. The number of amides is 1. The third-order valence-electron chi connectivity index (χ3n) is 6.53. The Hall–Kier alpha value is -4.32. The molecule has 35 heavy (non-hydrogen) atoms. The Morgan fingerprint density at radius 3 is 2.09 bits per heavy atom. The molecule has 3 aromatic carbocycles. The maximum atomic E-state index is 12.4. The van der Waals surface area contributed by atoms with Crippen LogP contribution in [0.15, 0.2) is 95.6 Å². The number of furan rings is 1. The highest BCUT2D eigenvalue weighted by molar-refractivity contribution is 5.90. The molecule has 0 unspecified atom stereocenters. The fraction of sp³-hybridized carbons (Fsp3) is 0.172. The average Bonchev–Trinajstić information content (AvgIpc) is 3.58. The SMILES string of the molecule is C[C@@H](OC(=O)Nc1ccoc1-c1ccc(-c2ccc(C3(C(=O)O)CC3)cc2)cc1)c1ccccc1. The summed E-state index contributed by atoms with van der Waals surface area (Å²) in [4.78, 5) is 24.0. The molecule has 6 nitrogen and oxygen atoms in total. The first-order valence-electron chi connectivity index (χ1n) is 11.5. The Labute approximate surface area is 203 Å². The molecule has 1 atom stereocenters. The summed E-state index contributed by atoms with van der Waals surface area (Å²) >= 11 is 0. The van der Waals surface area contributed by atoms with E-state index in [1.807, 2.05) is 85.8 Å². The molecular weight excluding hydrogens is 442 g/mol. The van der Waals surface area contributed by atoms with Crippen molar-refractivity contribution in [3.8, 4) is 22.5 Å². The lowest BCUT2D eigenvalue weighted by molar-refractivity contribution is -0.140. The Morgan fingerprint density at radius 2 is 1.49 bits per heavy atom. The summed E-state index contributed by atoms with van der Waals surface area (Å²) in [5.74, 6) is -0.218. The van der Waals surface area contributed by atoms with E-state index >= 15 is 0 Å². The van der Waals surface area contributed by atoms with Crippen molar-refractivity contribution in [3.63, 3.8) is 0 Å². The Bertz CT molecular complexity index is 1340. The first kappa shape index (κ1) is 22.5. The zero-order valence-corrected chi connectivity index (χ0v) is 19.2. The van der Waals surface area contributed by atoms with Crippen LogP contribution in [0.25, 0.3) is 22.5 Å². The summed E-state index contributed by atoms with van der Waals surface area (Å²) in [5.41, 5.74) is 4.39. The van der Waals surface area contributed by atoms with Gasteiger partial charge in [-0.25, -0.2) is 4.79 Å². The summed E-state index contributed by atoms with van der Waals surface area (Å²) in [6, 6.07) is 26.7.